The molecule has 5 aromatic rings. The summed E-state index contributed by atoms with van der Waals surface area (Å²) in [6, 6.07) is 16.3. The lowest BCUT2D eigenvalue weighted by molar-refractivity contribution is -0.136. The van der Waals surface area contributed by atoms with Gasteiger partial charge in [-0.25, -0.2) is 13.9 Å². The number of aromatic nitrogens is 3. The van der Waals surface area contributed by atoms with Crippen LogP contribution in [-0.2, 0) is 23.0 Å². The highest BCUT2D eigenvalue weighted by Gasteiger charge is 2.21. The van der Waals surface area contributed by atoms with Crippen molar-refractivity contribution in [2.75, 3.05) is 5.32 Å². The second-order valence-electron chi connectivity index (χ2n) is 8.77. The van der Waals surface area contributed by atoms with Gasteiger partial charge in [-0.05, 0) is 54.8 Å². The molecule has 1 atom stereocenters. The molecule has 0 saturated carbocycles. The van der Waals surface area contributed by atoms with Crippen molar-refractivity contribution in [3.8, 4) is 21.0 Å². The summed E-state index contributed by atoms with van der Waals surface area (Å²) in [4.78, 5) is 25.2. The van der Waals surface area contributed by atoms with Gasteiger partial charge in [-0.15, -0.1) is 27.8 Å². The van der Waals surface area contributed by atoms with Crippen LogP contribution in [0.1, 0.15) is 29.7 Å². The number of amides is 1. The second kappa shape index (κ2) is 10.3. The first-order valence-corrected chi connectivity index (χ1v) is 13.3. The molecule has 5 rings (SSSR count). The van der Waals surface area contributed by atoms with E-state index in [-0.39, 0.29) is 6.42 Å². The highest BCUT2D eigenvalue weighted by atomic mass is 32.1. The first-order chi connectivity index (χ1) is 18.2. The van der Waals surface area contributed by atoms with Crippen molar-refractivity contribution in [2.24, 2.45) is 7.05 Å². The molecule has 2 aromatic carbocycles. The third-order valence-corrected chi connectivity index (χ3v) is 8.41. The SMILES string of the molecule is Cc1cc(-c2cc3sc(-c4nnn(C)c4NC(=O)OC(C)c4ccccc4)cc3s2)c(F)cc1CC(=O)O. The van der Waals surface area contributed by atoms with E-state index in [0.29, 0.717) is 22.6 Å². The Kier molecular flexibility index (Phi) is 6.96. The molecule has 0 radical (unpaired) electrons. The van der Waals surface area contributed by atoms with Gasteiger partial charge in [0.1, 0.15) is 17.6 Å². The number of fused-ring (bicyclic) bond motifs is 1. The van der Waals surface area contributed by atoms with Crippen molar-refractivity contribution in [3.05, 3.63) is 77.1 Å². The number of hydrogen-bond acceptors (Lipinski definition) is 7. The summed E-state index contributed by atoms with van der Waals surface area (Å²) in [7, 11) is 1.68. The number of carbonyl (C=O) groups excluding carboxylic acids is 1. The highest BCUT2D eigenvalue weighted by molar-refractivity contribution is 7.31. The summed E-state index contributed by atoms with van der Waals surface area (Å²) in [5, 5.41) is 20.1. The number of rotatable bonds is 7. The van der Waals surface area contributed by atoms with Gasteiger partial charge in [0.2, 0.25) is 0 Å². The van der Waals surface area contributed by atoms with E-state index >= 15 is 0 Å². The first kappa shape index (κ1) is 25.6. The van der Waals surface area contributed by atoms with Crippen LogP contribution in [0.25, 0.3) is 30.4 Å². The number of anilines is 1. The van der Waals surface area contributed by atoms with Gasteiger partial charge in [-0.3, -0.25) is 10.1 Å². The molecule has 1 amide bonds. The molecular formula is C27H23FN4O4S2. The molecule has 0 aliphatic carbocycles. The predicted molar refractivity (Wildman–Crippen MR) is 146 cm³/mol. The molecule has 0 bridgehead atoms. The number of hydrogen-bond donors (Lipinski definition) is 2. The van der Waals surface area contributed by atoms with Crippen LogP contribution >= 0.6 is 22.7 Å². The Morgan fingerprint density at radius 1 is 1.11 bits per heavy atom. The molecule has 38 heavy (non-hydrogen) atoms. The molecule has 8 nitrogen and oxygen atoms in total. The molecule has 0 spiro atoms. The van der Waals surface area contributed by atoms with E-state index in [1.807, 2.05) is 42.5 Å². The van der Waals surface area contributed by atoms with Crippen molar-refractivity contribution >= 4 is 50.0 Å². The van der Waals surface area contributed by atoms with Crippen molar-refractivity contribution in [2.45, 2.75) is 26.4 Å². The van der Waals surface area contributed by atoms with E-state index in [9.17, 15) is 14.0 Å². The van der Waals surface area contributed by atoms with E-state index < -0.39 is 24.0 Å². The van der Waals surface area contributed by atoms with E-state index in [1.165, 1.54) is 33.4 Å². The molecule has 0 aliphatic rings. The fourth-order valence-electron chi connectivity index (χ4n) is 4.09. The minimum atomic E-state index is -0.999. The monoisotopic (exact) mass is 550 g/mol. The number of carboxylic acid groups (broad SMARTS) is 1. The fraction of sp³-hybridized carbons (Fsp3) is 0.185. The van der Waals surface area contributed by atoms with Gasteiger partial charge in [0.15, 0.2) is 5.82 Å². The van der Waals surface area contributed by atoms with Gasteiger partial charge in [0.05, 0.1) is 11.3 Å². The maximum Gasteiger partial charge on any atom is 0.413 e. The zero-order chi connectivity index (χ0) is 27.0. The first-order valence-electron chi connectivity index (χ1n) is 11.7. The number of ether oxygens (including phenoxy) is 1. The number of carbonyl (C=O) groups is 2. The Morgan fingerprint density at radius 2 is 1.79 bits per heavy atom. The Labute approximate surface area is 225 Å². The van der Waals surface area contributed by atoms with Gasteiger partial charge in [-0.1, -0.05) is 35.5 Å². The number of aryl methyl sites for hydroxylation is 2. The van der Waals surface area contributed by atoms with Crippen LogP contribution in [0.3, 0.4) is 0 Å². The Hall–Kier alpha value is -4.09. The standard InChI is InChI=1S/C27H23FN4O4S2/c1-14-9-18(19(28)10-17(14)11-24(33)34)20-12-21-22(37-20)13-23(38-21)25-26(32(3)31-30-25)29-27(35)36-15(2)16-7-5-4-6-8-16/h4-10,12-13,15H,11H2,1-3H3,(H,29,35)(H,33,34). The largest absolute Gasteiger partial charge is 0.481 e. The number of benzene rings is 2. The smallest absolute Gasteiger partial charge is 0.413 e. The third kappa shape index (κ3) is 5.15. The summed E-state index contributed by atoms with van der Waals surface area (Å²) in [6.45, 7) is 3.58. The minimum absolute atomic E-state index is 0.223. The molecule has 0 fully saturated rings. The zero-order valence-electron chi connectivity index (χ0n) is 20.7. The van der Waals surface area contributed by atoms with Gasteiger partial charge < -0.3 is 9.84 Å². The minimum Gasteiger partial charge on any atom is -0.481 e. The molecule has 0 aliphatic heterocycles. The van der Waals surface area contributed by atoms with Gasteiger partial charge >= 0.3 is 12.1 Å². The van der Waals surface area contributed by atoms with Crippen LogP contribution in [0.5, 0.6) is 0 Å². The van der Waals surface area contributed by atoms with Crippen LogP contribution in [-0.4, -0.2) is 32.2 Å². The highest BCUT2D eigenvalue weighted by Crippen LogP contribution is 2.43. The maximum absolute atomic E-state index is 14.9. The third-order valence-electron chi connectivity index (χ3n) is 6.07. The molecule has 194 valence electrons. The molecule has 3 heterocycles. The van der Waals surface area contributed by atoms with Crippen molar-refractivity contribution < 1.29 is 23.8 Å². The summed E-state index contributed by atoms with van der Waals surface area (Å²) >= 11 is 2.88. The van der Waals surface area contributed by atoms with E-state index in [2.05, 4.69) is 15.6 Å². The van der Waals surface area contributed by atoms with E-state index in [4.69, 9.17) is 9.84 Å². The lowest BCUT2D eigenvalue weighted by atomic mass is 10.0. The van der Waals surface area contributed by atoms with Crippen molar-refractivity contribution in [1.29, 1.82) is 0 Å². The van der Waals surface area contributed by atoms with Crippen LogP contribution in [0.4, 0.5) is 15.0 Å². The molecule has 0 saturated heterocycles. The second-order valence-corrected chi connectivity index (χ2v) is 10.9. The Bertz CT molecular complexity index is 1630. The number of nitrogens with zero attached hydrogens (tertiary/aromatic N) is 3. The topological polar surface area (TPSA) is 106 Å². The molecular weight excluding hydrogens is 527 g/mol. The predicted octanol–water partition coefficient (Wildman–Crippen LogP) is 6.81. The number of carboxylic acids is 1. The van der Waals surface area contributed by atoms with Crippen LogP contribution in [0, 0.1) is 12.7 Å². The lowest BCUT2D eigenvalue weighted by Gasteiger charge is -2.14. The number of halogens is 1. The molecule has 3 aromatic heterocycles. The lowest BCUT2D eigenvalue weighted by Crippen LogP contribution is -2.18. The average molecular weight is 551 g/mol. The summed E-state index contributed by atoms with van der Waals surface area (Å²) in [5.41, 5.74) is 3.00. The normalized spacial score (nSPS) is 12.0. The summed E-state index contributed by atoms with van der Waals surface area (Å²) < 4.78 is 23.7. The van der Waals surface area contributed by atoms with Gasteiger partial charge in [0.25, 0.3) is 0 Å². The van der Waals surface area contributed by atoms with Crippen LogP contribution in [0.15, 0.2) is 54.6 Å². The summed E-state index contributed by atoms with van der Waals surface area (Å²) in [5.74, 6) is -1.05. The number of aliphatic carboxylic acids is 1. The van der Waals surface area contributed by atoms with Crippen LogP contribution in [0.2, 0.25) is 0 Å². The average Bonchev–Trinajstić information content (AvgIpc) is 3.55. The molecule has 2 N–H and O–H groups in total. The molecule has 1 unspecified atom stereocenters. The van der Waals surface area contributed by atoms with Crippen molar-refractivity contribution in [1.82, 2.24) is 15.0 Å². The number of nitrogens with one attached hydrogen (secondary N) is 1. The number of thiophene rings is 2. The molecule has 11 heteroatoms. The van der Waals surface area contributed by atoms with E-state index in [0.717, 1.165) is 30.3 Å². The summed E-state index contributed by atoms with van der Waals surface area (Å²) in [6.07, 6.45) is -1.28. The quantitative estimate of drug-likeness (QED) is 0.231. The fourth-order valence-corrected chi connectivity index (χ4v) is 6.49. The van der Waals surface area contributed by atoms with E-state index in [1.54, 1.807) is 27.0 Å². The Morgan fingerprint density at radius 3 is 2.50 bits per heavy atom. The van der Waals surface area contributed by atoms with Gasteiger partial charge in [-0.2, -0.15) is 0 Å². The van der Waals surface area contributed by atoms with Crippen LogP contribution < -0.4 is 5.32 Å². The Balaban J connectivity index is 1.37. The zero-order valence-corrected chi connectivity index (χ0v) is 22.3. The van der Waals surface area contributed by atoms with Crippen molar-refractivity contribution in [3.63, 3.8) is 0 Å². The van der Waals surface area contributed by atoms with Gasteiger partial charge in [0, 0.05) is 26.9 Å². The maximum atomic E-state index is 14.9.